The van der Waals surface area contributed by atoms with E-state index in [1.807, 2.05) is 0 Å². The Hall–Kier alpha value is -0.900. The number of ether oxygens (including phenoxy) is 1. The quantitative estimate of drug-likeness (QED) is 0.888. The standard InChI is InChI=1S/C15H24N2O/c1-15(2,3)14-6-4-13(5-7-14)12-16-17-8-10-18-11-9-17/h4-7,16H,8-12H2,1-3H3. The van der Waals surface area contributed by atoms with E-state index in [0.717, 1.165) is 32.8 Å². The minimum atomic E-state index is 0.232. The Morgan fingerprint density at radius 3 is 2.28 bits per heavy atom. The normalized spacial score (nSPS) is 17.9. The maximum Gasteiger partial charge on any atom is 0.0608 e. The summed E-state index contributed by atoms with van der Waals surface area (Å²) in [5.74, 6) is 0. The molecule has 2 rings (SSSR count). The minimum absolute atomic E-state index is 0.232. The van der Waals surface area contributed by atoms with E-state index in [9.17, 15) is 0 Å². The fourth-order valence-electron chi connectivity index (χ4n) is 2.05. The molecule has 0 bridgehead atoms. The molecule has 1 aromatic rings. The smallest absolute Gasteiger partial charge is 0.0608 e. The predicted molar refractivity (Wildman–Crippen MR) is 74.4 cm³/mol. The molecule has 0 amide bonds. The van der Waals surface area contributed by atoms with Gasteiger partial charge >= 0.3 is 0 Å². The van der Waals surface area contributed by atoms with Crippen LogP contribution in [-0.2, 0) is 16.7 Å². The van der Waals surface area contributed by atoms with Crippen molar-refractivity contribution in [1.29, 1.82) is 0 Å². The van der Waals surface area contributed by atoms with E-state index in [1.54, 1.807) is 0 Å². The number of hydrazine groups is 1. The fraction of sp³-hybridized carbons (Fsp3) is 0.600. The molecule has 1 aliphatic heterocycles. The maximum atomic E-state index is 5.32. The van der Waals surface area contributed by atoms with Gasteiger partial charge in [-0.15, -0.1) is 0 Å². The van der Waals surface area contributed by atoms with Gasteiger partial charge in [-0.05, 0) is 16.5 Å². The lowest BCUT2D eigenvalue weighted by molar-refractivity contribution is 0.0106. The Bertz CT molecular complexity index is 361. The Labute approximate surface area is 110 Å². The molecule has 3 nitrogen and oxygen atoms in total. The van der Waals surface area contributed by atoms with Crippen molar-refractivity contribution in [2.45, 2.75) is 32.7 Å². The van der Waals surface area contributed by atoms with Crippen LogP contribution in [0.5, 0.6) is 0 Å². The third kappa shape index (κ3) is 3.80. The first kappa shape index (κ1) is 13.5. The van der Waals surface area contributed by atoms with E-state index < -0.39 is 0 Å². The summed E-state index contributed by atoms with van der Waals surface area (Å²) >= 11 is 0. The van der Waals surface area contributed by atoms with Gasteiger partial charge < -0.3 is 4.74 Å². The van der Waals surface area contributed by atoms with Gasteiger partial charge in [-0.2, -0.15) is 0 Å². The van der Waals surface area contributed by atoms with Crippen LogP contribution in [-0.4, -0.2) is 31.3 Å². The first-order chi connectivity index (χ1) is 8.55. The zero-order chi connectivity index (χ0) is 13.0. The van der Waals surface area contributed by atoms with E-state index in [-0.39, 0.29) is 5.41 Å². The summed E-state index contributed by atoms with van der Waals surface area (Å²) in [5.41, 5.74) is 6.40. The molecule has 3 heteroatoms. The molecule has 0 saturated carbocycles. The van der Waals surface area contributed by atoms with Gasteiger partial charge in [0, 0.05) is 19.6 Å². The Kier molecular flexibility index (Phi) is 4.38. The highest BCUT2D eigenvalue weighted by atomic mass is 16.5. The third-order valence-electron chi connectivity index (χ3n) is 3.34. The van der Waals surface area contributed by atoms with Crippen molar-refractivity contribution in [2.24, 2.45) is 0 Å². The van der Waals surface area contributed by atoms with Crippen LogP contribution < -0.4 is 5.43 Å². The van der Waals surface area contributed by atoms with Gasteiger partial charge in [0.15, 0.2) is 0 Å². The molecule has 18 heavy (non-hydrogen) atoms. The van der Waals surface area contributed by atoms with Crippen molar-refractivity contribution in [1.82, 2.24) is 10.4 Å². The second kappa shape index (κ2) is 5.83. The van der Waals surface area contributed by atoms with Gasteiger partial charge in [0.1, 0.15) is 0 Å². The van der Waals surface area contributed by atoms with Gasteiger partial charge in [0.2, 0.25) is 0 Å². The lowest BCUT2D eigenvalue weighted by Crippen LogP contribution is -2.45. The van der Waals surface area contributed by atoms with Crippen LogP contribution >= 0.6 is 0 Å². The largest absolute Gasteiger partial charge is 0.379 e. The van der Waals surface area contributed by atoms with Gasteiger partial charge in [-0.25, -0.2) is 5.01 Å². The highest BCUT2D eigenvalue weighted by molar-refractivity contribution is 5.27. The summed E-state index contributed by atoms with van der Waals surface area (Å²) in [6.07, 6.45) is 0. The maximum absolute atomic E-state index is 5.32. The Morgan fingerprint density at radius 2 is 1.72 bits per heavy atom. The highest BCUT2D eigenvalue weighted by Gasteiger charge is 2.13. The summed E-state index contributed by atoms with van der Waals surface area (Å²) < 4.78 is 5.32. The highest BCUT2D eigenvalue weighted by Crippen LogP contribution is 2.22. The average Bonchev–Trinajstić information content (AvgIpc) is 2.37. The molecule has 0 unspecified atom stereocenters. The van der Waals surface area contributed by atoms with Crippen LogP contribution in [0.25, 0.3) is 0 Å². The molecule has 0 radical (unpaired) electrons. The Balaban J connectivity index is 1.86. The van der Waals surface area contributed by atoms with E-state index in [1.165, 1.54) is 11.1 Å². The first-order valence-electron chi connectivity index (χ1n) is 6.71. The molecular formula is C15H24N2O. The number of nitrogens with one attached hydrogen (secondary N) is 1. The first-order valence-corrected chi connectivity index (χ1v) is 6.71. The molecule has 1 fully saturated rings. The molecule has 0 aromatic heterocycles. The van der Waals surface area contributed by atoms with Crippen molar-refractivity contribution in [3.63, 3.8) is 0 Å². The topological polar surface area (TPSA) is 24.5 Å². The van der Waals surface area contributed by atoms with Crippen LogP contribution in [0, 0.1) is 0 Å². The van der Waals surface area contributed by atoms with E-state index in [2.05, 4.69) is 55.5 Å². The number of rotatable bonds is 3. The van der Waals surface area contributed by atoms with Crippen LogP contribution in [0.15, 0.2) is 24.3 Å². The SMILES string of the molecule is CC(C)(C)c1ccc(CNN2CCOCC2)cc1. The molecular weight excluding hydrogens is 224 g/mol. The average molecular weight is 248 g/mol. The summed E-state index contributed by atoms with van der Waals surface area (Å²) in [6.45, 7) is 11.2. The van der Waals surface area contributed by atoms with Crippen molar-refractivity contribution in [3.8, 4) is 0 Å². The van der Waals surface area contributed by atoms with Crippen molar-refractivity contribution >= 4 is 0 Å². The molecule has 0 spiro atoms. The summed E-state index contributed by atoms with van der Waals surface area (Å²) in [5, 5.41) is 2.24. The van der Waals surface area contributed by atoms with E-state index >= 15 is 0 Å². The summed E-state index contributed by atoms with van der Waals surface area (Å²) in [6, 6.07) is 8.90. The number of morpholine rings is 1. The van der Waals surface area contributed by atoms with Crippen LogP contribution in [0.1, 0.15) is 31.9 Å². The number of hydrogen-bond donors (Lipinski definition) is 1. The van der Waals surface area contributed by atoms with Gasteiger partial charge in [-0.1, -0.05) is 45.0 Å². The van der Waals surface area contributed by atoms with Gasteiger partial charge in [-0.3, -0.25) is 5.43 Å². The number of hydrogen-bond acceptors (Lipinski definition) is 3. The molecule has 0 atom stereocenters. The Morgan fingerprint density at radius 1 is 1.11 bits per heavy atom. The predicted octanol–water partition coefficient (Wildman–Crippen LogP) is 2.32. The van der Waals surface area contributed by atoms with E-state index in [4.69, 9.17) is 4.74 Å². The zero-order valence-electron chi connectivity index (χ0n) is 11.7. The number of benzene rings is 1. The third-order valence-corrected chi connectivity index (χ3v) is 3.34. The minimum Gasteiger partial charge on any atom is -0.379 e. The van der Waals surface area contributed by atoms with Crippen molar-refractivity contribution in [2.75, 3.05) is 26.3 Å². The van der Waals surface area contributed by atoms with E-state index in [0.29, 0.717) is 0 Å². The lowest BCUT2D eigenvalue weighted by atomic mass is 9.87. The molecule has 1 aromatic carbocycles. The van der Waals surface area contributed by atoms with Crippen molar-refractivity contribution in [3.05, 3.63) is 35.4 Å². The van der Waals surface area contributed by atoms with Crippen molar-refractivity contribution < 1.29 is 4.74 Å². The molecule has 1 saturated heterocycles. The number of nitrogens with zero attached hydrogens (tertiary/aromatic N) is 1. The zero-order valence-corrected chi connectivity index (χ0v) is 11.7. The molecule has 1 N–H and O–H groups in total. The molecule has 100 valence electrons. The van der Waals surface area contributed by atoms with Gasteiger partial charge in [0.05, 0.1) is 13.2 Å². The lowest BCUT2D eigenvalue weighted by Gasteiger charge is -2.27. The fourth-order valence-corrected chi connectivity index (χ4v) is 2.05. The second-order valence-corrected chi connectivity index (χ2v) is 5.88. The van der Waals surface area contributed by atoms with Gasteiger partial charge in [0.25, 0.3) is 0 Å². The second-order valence-electron chi connectivity index (χ2n) is 5.88. The molecule has 1 aliphatic rings. The van der Waals surface area contributed by atoms with Crippen LogP contribution in [0.4, 0.5) is 0 Å². The summed E-state index contributed by atoms with van der Waals surface area (Å²) in [4.78, 5) is 0. The molecule has 0 aliphatic carbocycles. The van der Waals surface area contributed by atoms with Crippen LogP contribution in [0.3, 0.4) is 0 Å². The summed E-state index contributed by atoms with van der Waals surface area (Å²) in [7, 11) is 0. The monoisotopic (exact) mass is 248 g/mol. The van der Waals surface area contributed by atoms with Crippen LogP contribution in [0.2, 0.25) is 0 Å². The molecule has 1 heterocycles.